The number of hydrogen-bond acceptors (Lipinski definition) is 3. The summed E-state index contributed by atoms with van der Waals surface area (Å²) in [6.07, 6.45) is 8.13. The Kier molecular flexibility index (Phi) is 9.13. The molecule has 158 valence electrons. The molecule has 1 heterocycles. The highest BCUT2D eigenvalue weighted by atomic mass is 79.9. The highest BCUT2D eigenvalue weighted by Crippen LogP contribution is 2.29. The van der Waals surface area contributed by atoms with E-state index < -0.39 is 5.60 Å². The largest absolute Gasteiger partial charge is 0.444 e. The fourth-order valence-electron chi connectivity index (χ4n) is 3.60. The molecule has 0 aromatic heterocycles. The number of piperidine rings is 1. The van der Waals surface area contributed by atoms with Gasteiger partial charge in [0.2, 0.25) is 0 Å². The van der Waals surface area contributed by atoms with Crippen LogP contribution in [0.1, 0.15) is 78.2 Å². The predicted molar refractivity (Wildman–Crippen MR) is 121 cm³/mol. The van der Waals surface area contributed by atoms with Crippen LogP contribution in [0.15, 0.2) is 22.7 Å². The van der Waals surface area contributed by atoms with Crippen molar-refractivity contribution in [2.24, 2.45) is 0 Å². The summed E-state index contributed by atoms with van der Waals surface area (Å²) in [5.41, 5.74) is 1.97. The minimum absolute atomic E-state index is 0.212. The van der Waals surface area contributed by atoms with Crippen molar-refractivity contribution in [2.75, 3.05) is 24.5 Å². The number of nitrogens with zero attached hydrogens (tertiary/aromatic N) is 2. The van der Waals surface area contributed by atoms with Gasteiger partial charge in [-0.3, -0.25) is 0 Å². The third-order valence-electron chi connectivity index (χ3n) is 5.04. The molecule has 1 aromatic carbocycles. The maximum Gasteiger partial charge on any atom is 0.410 e. The Bertz CT molecular complexity index is 622. The minimum atomic E-state index is -0.478. The molecule has 0 bridgehead atoms. The van der Waals surface area contributed by atoms with E-state index in [1.807, 2.05) is 25.7 Å². The number of halogens is 1. The third kappa shape index (κ3) is 7.65. The lowest BCUT2D eigenvalue weighted by molar-refractivity contribution is 0.0230. The van der Waals surface area contributed by atoms with Crippen molar-refractivity contribution < 1.29 is 9.53 Å². The zero-order valence-corrected chi connectivity index (χ0v) is 19.7. The molecule has 1 aliphatic heterocycles. The monoisotopic (exact) mass is 452 g/mol. The second-order valence-electron chi connectivity index (χ2n) is 8.78. The summed E-state index contributed by atoms with van der Waals surface area (Å²) in [5.74, 6) is 0. The molecule has 1 aromatic rings. The molecule has 0 radical (unpaired) electrons. The highest BCUT2D eigenvalue weighted by Gasteiger charge is 2.24. The van der Waals surface area contributed by atoms with Gasteiger partial charge in [0.05, 0.1) is 6.54 Å². The number of amides is 1. The Hall–Kier alpha value is -1.23. The predicted octanol–water partition coefficient (Wildman–Crippen LogP) is 6.76. The van der Waals surface area contributed by atoms with Gasteiger partial charge in [0.25, 0.3) is 0 Å². The normalized spacial score (nSPS) is 14.8. The molecule has 4 nitrogen and oxygen atoms in total. The van der Waals surface area contributed by atoms with Crippen molar-refractivity contribution in [1.82, 2.24) is 4.90 Å². The molecule has 1 amide bonds. The number of unbranched alkanes of at least 4 members (excludes halogenated alkanes) is 3. The molecule has 28 heavy (non-hydrogen) atoms. The average Bonchev–Trinajstić information content (AvgIpc) is 2.64. The Balaban J connectivity index is 2.18. The number of rotatable bonds is 8. The van der Waals surface area contributed by atoms with Gasteiger partial charge in [-0.15, -0.1) is 0 Å². The van der Waals surface area contributed by atoms with E-state index >= 15 is 0 Å². The molecule has 5 heteroatoms. The quantitative estimate of drug-likeness (QED) is 0.408. The second kappa shape index (κ2) is 11.1. The molecule has 2 rings (SSSR count). The Morgan fingerprint density at radius 2 is 1.86 bits per heavy atom. The van der Waals surface area contributed by atoms with E-state index in [9.17, 15) is 4.79 Å². The second-order valence-corrected chi connectivity index (χ2v) is 9.70. The number of hydrogen-bond donors (Lipinski definition) is 0. The first-order valence-corrected chi connectivity index (χ1v) is 11.6. The summed E-state index contributed by atoms with van der Waals surface area (Å²) >= 11 is 3.63. The number of anilines is 1. The Labute approximate surface area is 179 Å². The van der Waals surface area contributed by atoms with Gasteiger partial charge in [-0.1, -0.05) is 48.2 Å². The van der Waals surface area contributed by atoms with E-state index in [2.05, 4.69) is 46.0 Å². The fraction of sp³-hybridized carbons (Fsp3) is 0.696. The first kappa shape index (κ1) is 23.1. The molecule has 0 spiro atoms. The summed E-state index contributed by atoms with van der Waals surface area (Å²) in [4.78, 5) is 17.2. The average molecular weight is 453 g/mol. The van der Waals surface area contributed by atoms with Gasteiger partial charge in [0.15, 0.2) is 0 Å². The van der Waals surface area contributed by atoms with E-state index in [0.29, 0.717) is 6.54 Å². The van der Waals surface area contributed by atoms with Crippen LogP contribution in [-0.4, -0.2) is 36.2 Å². The topological polar surface area (TPSA) is 32.8 Å². The minimum Gasteiger partial charge on any atom is -0.444 e. The van der Waals surface area contributed by atoms with Gasteiger partial charge in [0, 0.05) is 29.8 Å². The van der Waals surface area contributed by atoms with Crippen LogP contribution in [0.25, 0.3) is 0 Å². The SMILES string of the molecule is CCCCCCN(Cc1ccc(Br)cc1N1CCCCC1)C(=O)OC(C)(C)C. The van der Waals surface area contributed by atoms with Gasteiger partial charge in [0.1, 0.15) is 5.60 Å². The van der Waals surface area contributed by atoms with Crippen LogP contribution >= 0.6 is 15.9 Å². The van der Waals surface area contributed by atoms with Crippen LogP contribution in [-0.2, 0) is 11.3 Å². The Morgan fingerprint density at radius 3 is 2.50 bits per heavy atom. The molecule has 0 unspecified atom stereocenters. The lowest BCUT2D eigenvalue weighted by Gasteiger charge is -2.33. The van der Waals surface area contributed by atoms with Gasteiger partial charge < -0.3 is 14.5 Å². The van der Waals surface area contributed by atoms with Crippen LogP contribution in [0.4, 0.5) is 10.5 Å². The molecule has 1 aliphatic rings. The molecular formula is C23H37BrN2O2. The van der Waals surface area contributed by atoms with Crippen LogP contribution < -0.4 is 4.90 Å². The number of carbonyl (C=O) groups is 1. The van der Waals surface area contributed by atoms with Gasteiger partial charge >= 0.3 is 6.09 Å². The maximum absolute atomic E-state index is 12.9. The molecule has 0 saturated carbocycles. The van der Waals surface area contributed by atoms with Crippen molar-refractivity contribution >= 4 is 27.7 Å². The van der Waals surface area contributed by atoms with E-state index in [4.69, 9.17) is 4.74 Å². The fourth-order valence-corrected chi connectivity index (χ4v) is 3.95. The zero-order valence-electron chi connectivity index (χ0n) is 18.1. The zero-order chi connectivity index (χ0) is 20.6. The van der Waals surface area contributed by atoms with Crippen LogP contribution in [0, 0.1) is 0 Å². The summed E-state index contributed by atoms with van der Waals surface area (Å²) in [6.45, 7) is 11.5. The van der Waals surface area contributed by atoms with Crippen molar-refractivity contribution in [2.45, 2.75) is 84.8 Å². The number of benzene rings is 1. The van der Waals surface area contributed by atoms with Crippen LogP contribution in [0.2, 0.25) is 0 Å². The van der Waals surface area contributed by atoms with Gasteiger partial charge in [-0.25, -0.2) is 4.79 Å². The first-order chi connectivity index (χ1) is 13.3. The van der Waals surface area contributed by atoms with E-state index in [1.54, 1.807) is 0 Å². The molecule has 1 fully saturated rings. The lowest BCUT2D eigenvalue weighted by atomic mass is 10.1. The van der Waals surface area contributed by atoms with Crippen molar-refractivity contribution in [1.29, 1.82) is 0 Å². The smallest absolute Gasteiger partial charge is 0.410 e. The van der Waals surface area contributed by atoms with E-state index in [-0.39, 0.29) is 6.09 Å². The van der Waals surface area contributed by atoms with E-state index in [1.165, 1.54) is 43.4 Å². The van der Waals surface area contributed by atoms with Crippen molar-refractivity contribution in [3.63, 3.8) is 0 Å². The highest BCUT2D eigenvalue weighted by molar-refractivity contribution is 9.10. The molecule has 0 aliphatic carbocycles. The number of ether oxygens (including phenoxy) is 1. The first-order valence-electron chi connectivity index (χ1n) is 10.8. The van der Waals surface area contributed by atoms with Crippen molar-refractivity contribution in [3.05, 3.63) is 28.2 Å². The maximum atomic E-state index is 12.9. The van der Waals surface area contributed by atoms with Crippen LogP contribution in [0.5, 0.6) is 0 Å². The summed E-state index contributed by atoms with van der Waals surface area (Å²) in [5, 5.41) is 0. The van der Waals surface area contributed by atoms with E-state index in [0.717, 1.165) is 36.9 Å². The third-order valence-corrected chi connectivity index (χ3v) is 5.53. The summed E-state index contributed by atoms with van der Waals surface area (Å²) < 4.78 is 6.79. The molecule has 0 atom stereocenters. The van der Waals surface area contributed by atoms with Crippen LogP contribution in [0.3, 0.4) is 0 Å². The molecule has 1 saturated heterocycles. The molecule has 0 N–H and O–H groups in total. The van der Waals surface area contributed by atoms with Crippen molar-refractivity contribution in [3.8, 4) is 0 Å². The summed E-state index contributed by atoms with van der Waals surface area (Å²) in [7, 11) is 0. The Morgan fingerprint density at radius 1 is 1.14 bits per heavy atom. The van der Waals surface area contributed by atoms with Gasteiger partial charge in [-0.2, -0.15) is 0 Å². The molecular weight excluding hydrogens is 416 g/mol. The van der Waals surface area contributed by atoms with Gasteiger partial charge in [-0.05, 0) is 64.2 Å². The lowest BCUT2D eigenvalue weighted by Crippen LogP contribution is -2.38. The standard InChI is InChI=1S/C23H37BrN2O2/c1-5-6-7-9-16-26(22(27)28-23(2,3)4)18-19-12-13-20(24)17-21(19)25-14-10-8-11-15-25/h12-13,17H,5-11,14-16,18H2,1-4H3. The summed E-state index contributed by atoms with van der Waals surface area (Å²) in [6, 6.07) is 6.43. The number of carbonyl (C=O) groups excluding carboxylic acids is 1.